The maximum atomic E-state index is 14.4. The summed E-state index contributed by atoms with van der Waals surface area (Å²) in [6, 6.07) is 14.1. The van der Waals surface area contributed by atoms with E-state index in [1.165, 1.54) is 12.1 Å². The van der Waals surface area contributed by atoms with E-state index in [1.54, 1.807) is 42.7 Å². The SMILES string of the molecule is O=C1c2ccccc2C(=O)N1c1ccc(OCc2cccnc2)c(F)c1. The molecule has 0 atom stereocenters. The highest BCUT2D eigenvalue weighted by atomic mass is 19.1. The summed E-state index contributed by atoms with van der Waals surface area (Å²) >= 11 is 0. The van der Waals surface area contributed by atoms with Crippen LogP contribution in [-0.2, 0) is 6.61 Å². The molecule has 2 aromatic carbocycles. The number of hydrogen-bond donors (Lipinski definition) is 0. The normalized spacial score (nSPS) is 13.0. The number of amides is 2. The van der Waals surface area contributed by atoms with E-state index < -0.39 is 17.6 Å². The molecule has 0 bridgehead atoms. The maximum Gasteiger partial charge on any atom is 0.266 e. The van der Waals surface area contributed by atoms with Gasteiger partial charge in [-0.05, 0) is 30.3 Å². The summed E-state index contributed by atoms with van der Waals surface area (Å²) in [5, 5.41) is 0. The second-order valence-corrected chi connectivity index (χ2v) is 5.76. The number of hydrogen-bond acceptors (Lipinski definition) is 4. The Kier molecular flexibility index (Phi) is 3.93. The zero-order valence-electron chi connectivity index (χ0n) is 13.6. The van der Waals surface area contributed by atoms with Gasteiger partial charge in [0.25, 0.3) is 11.8 Å². The van der Waals surface area contributed by atoms with Crippen LogP contribution < -0.4 is 9.64 Å². The molecule has 0 saturated carbocycles. The average Bonchev–Trinajstić information content (AvgIpc) is 2.93. The molecular weight excluding hydrogens is 335 g/mol. The molecule has 0 fully saturated rings. The number of aromatic nitrogens is 1. The molecule has 0 saturated heterocycles. The molecule has 0 aliphatic carbocycles. The number of carbonyl (C=O) groups excluding carboxylic acids is 2. The molecule has 6 heteroatoms. The zero-order chi connectivity index (χ0) is 18.1. The first-order valence-electron chi connectivity index (χ1n) is 7.94. The predicted octanol–water partition coefficient (Wildman–Crippen LogP) is 3.60. The van der Waals surface area contributed by atoms with Crippen LogP contribution in [0.5, 0.6) is 5.75 Å². The molecule has 0 spiro atoms. The Balaban J connectivity index is 1.57. The number of benzene rings is 2. The van der Waals surface area contributed by atoms with Gasteiger partial charge in [-0.3, -0.25) is 14.6 Å². The van der Waals surface area contributed by atoms with E-state index in [2.05, 4.69) is 4.98 Å². The molecule has 2 heterocycles. The third kappa shape index (κ3) is 2.71. The summed E-state index contributed by atoms with van der Waals surface area (Å²) in [5.74, 6) is -1.54. The lowest BCUT2D eigenvalue weighted by Crippen LogP contribution is -2.29. The van der Waals surface area contributed by atoms with Crippen molar-refractivity contribution < 1.29 is 18.7 Å². The quantitative estimate of drug-likeness (QED) is 0.676. The largest absolute Gasteiger partial charge is 0.486 e. The Morgan fingerprint density at radius 2 is 1.69 bits per heavy atom. The molecule has 1 aliphatic rings. The smallest absolute Gasteiger partial charge is 0.266 e. The van der Waals surface area contributed by atoms with Crippen molar-refractivity contribution in [2.45, 2.75) is 6.61 Å². The van der Waals surface area contributed by atoms with Gasteiger partial charge in [0.2, 0.25) is 0 Å². The minimum absolute atomic E-state index is 0.0363. The van der Waals surface area contributed by atoms with Crippen molar-refractivity contribution in [2.24, 2.45) is 0 Å². The van der Waals surface area contributed by atoms with Crippen molar-refractivity contribution in [1.82, 2.24) is 4.98 Å². The summed E-state index contributed by atoms with van der Waals surface area (Å²) in [6.07, 6.45) is 3.27. The summed E-state index contributed by atoms with van der Waals surface area (Å²) in [4.78, 5) is 29.9. The van der Waals surface area contributed by atoms with Crippen LogP contribution in [0, 0.1) is 5.82 Å². The third-order valence-corrected chi connectivity index (χ3v) is 4.08. The lowest BCUT2D eigenvalue weighted by molar-refractivity contribution is 0.0926. The maximum absolute atomic E-state index is 14.4. The molecule has 128 valence electrons. The van der Waals surface area contributed by atoms with Gasteiger partial charge in [-0.25, -0.2) is 9.29 Å². The molecule has 4 rings (SSSR count). The number of anilines is 1. The van der Waals surface area contributed by atoms with Gasteiger partial charge in [-0.15, -0.1) is 0 Å². The Morgan fingerprint density at radius 1 is 0.962 bits per heavy atom. The molecule has 3 aromatic rings. The van der Waals surface area contributed by atoms with Crippen molar-refractivity contribution >= 4 is 17.5 Å². The van der Waals surface area contributed by atoms with E-state index >= 15 is 0 Å². The van der Waals surface area contributed by atoms with Gasteiger partial charge in [0.05, 0.1) is 16.8 Å². The van der Waals surface area contributed by atoms with Gasteiger partial charge in [-0.2, -0.15) is 0 Å². The van der Waals surface area contributed by atoms with Crippen molar-refractivity contribution in [3.63, 3.8) is 0 Å². The highest BCUT2D eigenvalue weighted by molar-refractivity contribution is 6.34. The first kappa shape index (κ1) is 16.0. The van der Waals surface area contributed by atoms with Crippen LogP contribution in [0.4, 0.5) is 10.1 Å². The fourth-order valence-corrected chi connectivity index (χ4v) is 2.81. The minimum Gasteiger partial charge on any atom is -0.486 e. The molecule has 5 nitrogen and oxygen atoms in total. The van der Waals surface area contributed by atoms with Gasteiger partial charge in [0.15, 0.2) is 11.6 Å². The Labute approximate surface area is 148 Å². The second-order valence-electron chi connectivity index (χ2n) is 5.76. The number of halogens is 1. The van der Waals surface area contributed by atoms with Crippen LogP contribution in [0.2, 0.25) is 0 Å². The predicted molar refractivity (Wildman–Crippen MR) is 92.6 cm³/mol. The Hall–Kier alpha value is -3.54. The molecular formula is C20H13FN2O3. The van der Waals surface area contributed by atoms with E-state index in [0.29, 0.717) is 11.1 Å². The van der Waals surface area contributed by atoms with Crippen LogP contribution in [0.25, 0.3) is 0 Å². The van der Waals surface area contributed by atoms with Gasteiger partial charge < -0.3 is 4.74 Å². The number of ether oxygens (including phenoxy) is 1. The molecule has 0 radical (unpaired) electrons. The standard InChI is InChI=1S/C20H13FN2O3/c21-17-10-14(7-8-18(17)26-12-13-4-3-9-22-11-13)23-19(24)15-5-1-2-6-16(15)20(23)25/h1-11H,12H2. The van der Waals surface area contributed by atoms with Gasteiger partial charge >= 0.3 is 0 Å². The van der Waals surface area contributed by atoms with Crippen molar-refractivity contribution in [2.75, 3.05) is 4.90 Å². The van der Waals surface area contributed by atoms with E-state index in [9.17, 15) is 14.0 Å². The number of imide groups is 1. The molecule has 1 aliphatic heterocycles. The summed E-state index contributed by atoms with van der Waals surface area (Å²) in [6.45, 7) is 0.164. The fraction of sp³-hybridized carbons (Fsp3) is 0.0500. The fourth-order valence-electron chi connectivity index (χ4n) is 2.81. The van der Waals surface area contributed by atoms with Crippen LogP contribution in [0.1, 0.15) is 26.3 Å². The van der Waals surface area contributed by atoms with Crippen LogP contribution in [-0.4, -0.2) is 16.8 Å². The number of pyridine rings is 1. The molecule has 2 amide bonds. The lowest BCUT2D eigenvalue weighted by atomic mass is 10.1. The van der Waals surface area contributed by atoms with Crippen molar-refractivity contribution in [3.8, 4) is 5.75 Å². The van der Waals surface area contributed by atoms with E-state index in [1.807, 2.05) is 6.07 Å². The Bertz CT molecular complexity index is 970. The van der Waals surface area contributed by atoms with Crippen molar-refractivity contribution in [3.05, 3.63) is 89.5 Å². The number of nitrogens with zero attached hydrogens (tertiary/aromatic N) is 2. The number of rotatable bonds is 4. The van der Waals surface area contributed by atoms with Crippen LogP contribution >= 0.6 is 0 Å². The summed E-state index contributed by atoms with van der Waals surface area (Å²) < 4.78 is 19.9. The highest BCUT2D eigenvalue weighted by Crippen LogP contribution is 2.31. The molecule has 0 N–H and O–H groups in total. The second kappa shape index (κ2) is 6.40. The summed E-state index contributed by atoms with van der Waals surface area (Å²) in [5.41, 5.74) is 1.60. The molecule has 26 heavy (non-hydrogen) atoms. The van der Waals surface area contributed by atoms with Gasteiger partial charge in [0.1, 0.15) is 6.61 Å². The third-order valence-electron chi connectivity index (χ3n) is 4.08. The molecule has 0 unspecified atom stereocenters. The average molecular weight is 348 g/mol. The topological polar surface area (TPSA) is 59.5 Å². The van der Waals surface area contributed by atoms with Gasteiger partial charge in [-0.1, -0.05) is 18.2 Å². The van der Waals surface area contributed by atoms with Crippen molar-refractivity contribution in [1.29, 1.82) is 0 Å². The summed E-state index contributed by atoms with van der Waals surface area (Å²) in [7, 11) is 0. The first-order valence-corrected chi connectivity index (χ1v) is 7.94. The number of fused-ring (bicyclic) bond motifs is 1. The Morgan fingerprint density at radius 3 is 2.31 bits per heavy atom. The first-order chi connectivity index (χ1) is 12.6. The minimum atomic E-state index is -0.650. The van der Waals surface area contributed by atoms with E-state index in [-0.39, 0.29) is 18.0 Å². The van der Waals surface area contributed by atoms with E-state index in [0.717, 1.165) is 16.5 Å². The molecule has 1 aromatic heterocycles. The lowest BCUT2D eigenvalue weighted by Gasteiger charge is -2.15. The van der Waals surface area contributed by atoms with E-state index in [4.69, 9.17) is 4.74 Å². The monoisotopic (exact) mass is 348 g/mol. The van der Waals surface area contributed by atoms with Crippen LogP contribution in [0.15, 0.2) is 67.0 Å². The van der Waals surface area contributed by atoms with Crippen LogP contribution in [0.3, 0.4) is 0 Å². The number of carbonyl (C=O) groups is 2. The highest BCUT2D eigenvalue weighted by Gasteiger charge is 2.36. The zero-order valence-corrected chi connectivity index (χ0v) is 13.6. The van der Waals surface area contributed by atoms with Gasteiger partial charge in [0, 0.05) is 24.0 Å².